The molecule has 0 aliphatic heterocycles. The molecule has 11 rings (SSSR count). The molecule has 63 heavy (non-hydrogen) atoms. The van der Waals surface area contributed by atoms with Gasteiger partial charge in [0.05, 0.1) is 11.0 Å². The number of aromatic nitrogens is 2. The molecule has 2 heterocycles. The van der Waals surface area contributed by atoms with E-state index in [0.717, 1.165) is 66.6 Å². The van der Waals surface area contributed by atoms with Crippen molar-refractivity contribution in [2.45, 2.75) is 0 Å². The Balaban J connectivity index is 1.17. The van der Waals surface area contributed by atoms with Crippen molar-refractivity contribution in [3.8, 4) is 55.9 Å². The van der Waals surface area contributed by atoms with Gasteiger partial charge < -0.3 is 9.13 Å². The number of fused-ring (bicyclic) bond motifs is 6. The lowest BCUT2D eigenvalue weighted by molar-refractivity contribution is 1.18. The Morgan fingerprint density at radius 2 is 0.762 bits per heavy atom. The maximum absolute atomic E-state index is 7.40. The molecule has 0 saturated heterocycles. The van der Waals surface area contributed by atoms with Crippen LogP contribution in [0, 0.1) is 0 Å². The van der Waals surface area contributed by atoms with E-state index in [-0.39, 0.29) is 21.9 Å². The fraction of sp³-hybridized carbons (Fsp3) is 0. The molecule has 0 unspecified atom stereocenters. The second-order valence-electron chi connectivity index (χ2n) is 16.0. The van der Waals surface area contributed by atoms with Crippen molar-refractivity contribution in [2.75, 3.05) is 0 Å². The van der Waals surface area contributed by atoms with Crippen molar-refractivity contribution in [1.82, 2.24) is 9.13 Å². The SMILES string of the molecule is [B]c1c([B])c([B])c2c(c1[B])c1c([B])c(-c3ccc4c(c3)c3c(-c5ccc(-c6ccccc6)cc5)cccc3n4-c3ccccc3)c([B])c([B])c1n2-c1ccc(-c2ccccc2)cc1. The van der Waals surface area contributed by atoms with E-state index in [0.29, 0.717) is 43.8 Å². The molecule has 0 N–H and O–H groups in total. The first kappa shape index (κ1) is 38.9. The summed E-state index contributed by atoms with van der Waals surface area (Å²) in [6.45, 7) is 0. The minimum Gasteiger partial charge on any atom is -0.311 e. The van der Waals surface area contributed by atoms with Crippen LogP contribution in [0.1, 0.15) is 0 Å². The third kappa shape index (κ3) is 6.04. The predicted molar refractivity (Wildman–Crippen MR) is 275 cm³/mol. The normalized spacial score (nSPS) is 11.6. The fourth-order valence-electron chi connectivity index (χ4n) is 9.49. The van der Waals surface area contributed by atoms with E-state index in [1.807, 2.05) is 65.2 Å². The Labute approximate surface area is 375 Å². The van der Waals surface area contributed by atoms with Crippen molar-refractivity contribution in [1.29, 1.82) is 0 Å². The van der Waals surface area contributed by atoms with Gasteiger partial charge in [0.2, 0.25) is 0 Å². The summed E-state index contributed by atoms with van der Waals surface area (Å²) in [5.41, 5.74) is 14.9. The van der Waals surface area contributed by atoms with Crippen LogP contribution in [0.15, 0.2) is 176 Å². The van der Waals surface area contributed by atoms with E-state index in [2.05, 4.69) is 120 Å². The Morgan fingerprint density at radius 3 is 1.38 bits per heavy atom. The third-order valence-corrected chi connectivity index (χ3v) is 12.5. The molecule has 2 aromatic heterocycles. The predicted octanol–water partition coefficient (Wildman–Crippen LogP) is 6.11. The third-order valence-electron chi connectivity index (χ3n) is 12.5. The largest absolute Gasteiger partial charge is 0.311 e. The van der Waals surface area contributed by atoms with Crippen LogP contribution in [0.2, 0.25) is 0 Å². The topological polar surface area (TPSA) is 9.86 Å². The van der Waals surface area contributed by atoms with E-state index in [9.17, 15) is 0 Å². The number of hydrogen-bond donors (Lipinski definition) is 0. The summed E-state index contributed by atoms with van der Waals surface area (Å²) in [5, 5.41) is 3.25. The molecule has 0 atom stereocenters. The first-order chi connectivity index (χ1) is 30.7. The van der Waals surface area contributed by atoms with Gasteiger partial charge in [-0.15, -0.1) is 10.9 Å². The smallest absolute Gasteiger partial charge is 0.115 e. The highest BCUT2D eigenvalue weighted by molar-refractivity contribution is 6.69. The van der Waals surface area contributed by atoms with Gasteiger partial charge in [-0.05, 0) is 92.4 Å². The van der Waals surface area contributed by atoms with Gasteiger partial charge in [-0.25, -0.2) is 0 Å². The van der Waals surface area contributed by atoms with E-state index in [4.69, 9.17) is 54.9 Å². The van der Waals surface area contributed by atoms with Crippen LogP contribution >= 0.6 is 0 Å². The zero-order valence-corrected chi connectivity index (χ0v) is 34.2. The first-order valence-electron chi connectivity index (χ1n) is 20.7. The highest BCUT2D eigenvalue weighted by Crippen LogP contribution is 2.41. The van der Waals surface area contributed by atoms with Crippen LogP contribution in [0.5, 0.6) is 0 Å². The standard InChI is InChI=1S/C54H29B7N2/c55-46-42(47(56)51(60)53-44(46)45-48(57)49(58)50(59)52(61)54(45)63(53)37-26-23-33(24-27-37)31-13-6-2-7-14-31)35-25-28-40-39(29-35)43-38(17-10-18-41(43)62(40)36-15-8-3-9-16-36)34-21-19-32(20-22-34)30-11-4-1-5-12-30/h1-29H. The summed E-state index contributed by atoms with van der Waals surface area (Å²) in [5.74, 6) is 0. The quantitative estimate of drug-likeness (QED) is 0.181. The summed E-state index contributed by atoms with van der Waals surface area (Å²) < 4.78 is 4.24. The molecular weight excluding hydrogens is 752 g/mol. The van der Waals surface area contributed by atoms with Gasteiger partial charge in [0.15, 0.2) is 0 Å². The van der Waals surface area contributed by atoms with Crippen molar-refractivity contribution in [3.63, 3.8) is 0 Å². The fourth-order valence-corrected chi connectivity index (χ4v) is 9.49. The van der Waals surface area contributed by atoms with Crippen LogP contribution in [0.3, 0.4) is 0 Å². The van der Waals surface area contributed by atoms with Gasteiger partial charge in [0, 0.05) is 38.6 Å². The second-order valence-corrected chi connectivity index (χ2v) is 16.0. The number of nitrogens with zero attached hydrogens (tertiary/aromatic N) is 2. The molecule has 2 nitrogen and oxygen atoms in total. The Bertz CT molecular complexity index is 3600. The van der Waals surface area contributed by atoms with Crippen LogP contribution in [0.4, 0.5) is 0 Å². The van der Waals surface area contributed by atoms with E-state index in [1.165, 1.54) is 5.56 Å². The molecule has 0 fully saturated rings. The average molecular weight is 782 g/mol. The maximum atomic E-state index is 7.40. The maximum Gasteiger partial charge on any atom is 0.115 e. The molecule has 0 aliphatic rings. The minimum atomic E-state index is 0.175. The van der Waals surface area contributed by atoms with E-state index >= 15 is 0 Å². The first-order valence-corrected chi connectivity index (χ1v) is 20.7. The molecule has 11 aromatic rings. The lowest BCUT2D eigenvalue weighted by Crippen LogP contribution is -2.48. The van der Waals surface area contributed by atoms with Crippen LogP contribution < -0.4 is 38.2 Å². The summed E-state index contributed by atoms with van der Waals surface area (Å²) in [4.78, 5) is 0. The van der Waals surface area contributed by atoms with Crippen molar-refractivity contribution in [3.05, 3.63) is 176 Å². The summed E-state index contributed by atoms with van der Waals surface area (Å²) in [7, 11) is 48.7. The lowest BCUT2D eigenvalue weighted by atomic mass is 9.64. The number of benzene rings is 9. The van der Waals surface area contributed by atoms with Gasteiger partial charge in [0.1, 0.15) is 54.9 Å². The molecule has 14 radical (unpaired) electrons. The monoisotopic (exact) mass is 782 g/mol. The Kier molecular flexibility index (Phi) is 9.35. The van der Waals surface area contributed by atoms with Crippen LogP contribution in [-0.2, 0) is 0 Å². The highest BCUT2D eigenvalue weighted by Gasteiger charge is 2.25. The zero-order chi connectivity index (χ0) is 43.1. The molecule has 276 valence electrons. The second kappa shape index (κ2) is 15.1. The van der Waals surface area contributed by atoms with E-state index in [1.54, 1.807) is 0 Å². The number of para-hydroxylation sites is 1. The van der Waals surface area contributed by atoms with Gasteiger partial charge in [0.25, 0.3) is 0 Å². The van der Waals surface area contributed by atoms with Gasteiger partial charge >= 0.3 is 0 Å². The summed E-state index contributed by atoms with van der Waals surface area (Å²) in [6.07, 6.45) is 0. The molecule has 0 saturated carbocycles. The van der Waals surface area contributed by atoms with Crippen molar-refractivity contribution < 1.29 is 0 Å². The Morgan fingerprint density at radius 1 is 0.286 bits per heavy atom. The Hall–Kier alpha value is -6.97. The molecule has 0 amide bonds. The van der Waals surface area contributed by atoms with Crippen molar-refractivity contribution >= 4 is 137 Å². The van der Waals surface area contributed by atoms with Gasteiger partial charge in [-0.3, -0.25) is 0 Å². The summed E-state index contributed by atoms with van der Waals surface area (Å²) in [6, 6.07) is 60.6. The lowest BCUT2D eigenvalue weighted by Gasteiger charge is -2.19. The minimum absolute atomic E-state index is 0.175. The van der Waals surface area contributed by atoms with Gasteiger partial charge in [-0.2, -0.15) is 0 Å². The van der Waals surface area contributed by atoms with E-state index < -0.39 is 0 Å². The van der Waals surface area contributed by atoms with Crippen molar-refractivity contribution in [2.24, 2.45) is 0 Å². The molecule has 9 aromatic carbocycles. The molecular formula is C54H29B7N2. The average Bonchev–Trinajstić information content (AvgIpc) is 3.87. The molecule has 0 spiro atoms. The zero-order valence-electron chi connectivity index (χ0n) is 34.2. The van der Waals surface area contributed by atoms with Crippen LogP contribution in [-0.4, -0.2) is 64.1 Å². The van der Waals surface area contributed by atoms with Gasteiger partial charge in [-0.1, -0.05) is 161 Å². The number of rotatable bonds is 6. The van der Waals surface area contributed by atoms with Crippen LogP contribution in [0.25, 0.3) is 99.5 Å². The number of hydrogen-bond acceptors (Lipinski definition) is 0. The highest BCUT2D eigenvalue weighted by atomic mass is 15.0. The molecule has 9 heteroatoms. The molecule has 0 bridgehead atoms. The summed E-state index contributed by atoms with van der Waals surface area (Å²) >= 11 is 0. The molecule has 0 aliphatic carbocycles.